The molecule has 2 aromatic carbocycles. The van der Waals surface area contributed by atoms with Crippen LogP contribution in [0.4, 0.5) is 4.39 Å². The fraction of sp³-hybridized carbons (Fsp3) is 0.188. The summed E-state index contributed by atoms with van der Waals surface area (Å²) in [6.07, 6.45) is 0. The molecular weight excluding hydrogens is 269 g/mol. The molecule has 1 atom stereocenters. The van der Waals surface area contributed by atoms with Crippen molar-refractivity contribution in [2.75, 3.05) is 0 Å². The molecule has 0 fully saturated rings. The van der Waals surface area contributed by atoms with Gasteiger partial charge in [0, 0.05) is 18.2 Å². The lowest BCUT2D eigenvalue weighted by Gasteiger charge is -2.16. The van der Waals surface area contributed by atoms with E-state index in [9.17, 15) is 4.39 Å². The summed E-state index contributed by atoms with van der Waals surface area (Å²) in [4.78, 5) is 0. The summed E-state index contributed by atoms with van der Waals surface area (Å²) in [6, 6.07) is 13.9. The van der Waals surface area contributed by atoms with E-state index >= 15 is 0 Å². The van der Waals surface area contributed by atoms with Gasteiger partial charge in [0.25, 0.3) is 0 Å². The molecule has 5 heteroatoms. The first-order valence-electron chi connectivity index (χ1n) is 6.66. The van der Waals surface area contributed by atoms with Crippen LogP contribution < -0.4 is 11.1 Å². The van der Waals surface area contributed by atoms with Crippen LogP contribution in [0.25, 0.3) is 0 Å². The molecule has 110 valence electrons. The number of hydrogen-bond acceptors (Lipinski definition) is 3. The van der Waals surface area contributed by atoms with E-state index < -0.39 is 0 Å². The minimum atomic E-state index is -0.247. The van der Waals surface area contributed by atoms with E-state index in [0.717, 1.165) is 11.1 Å². The van der Waals surface area contributed by atoms with Crippen molar-refractivity contribution >= 4 is 5.84 Å². The van der Waals surface area contributed by atoms with Crippen molar-refractivity contribution in [1.29, 1.82) is 0 Å². The average Bonchev–Trinajstić information content (AvgIpc) is 2.52. The molecule has 0 aliphatic carbocycles. The zero-order chi connectivity index (χ0) is 15.2. The maximum absolute atomic E-state index is 12.9. The smallest absolute Gasteiger partial charge is 0.170 e. The Balaban J connectivity index is 2.08. The van der Waals surface area contributed by atoms with Crippen LogP contribution in [-0.4, -0.2) is 11.0 Å². The van der Waals surface area contributed by atoms with Crippen molar-refractivity contribution in [2.45, 2.75) is 19.5 Å². The highest BCUT2D eigenvalue weighted by Crippen LogP contribution is 2.15. The van der Waals surface area contributed by atoms with Crippen molar-refractivity contribution in [3.05, 3.63) is 71.0 Å². The summed E-state index contributed by atoms with van der Waals surface area (Å²) in [5.41, 5.74) is 8.28. The van der Waals surface area contributed by atoms with E-state index in [2.05, 4.69) is 10.5 Å². The minimum Gasteiger partial charge on any atom is -0.409 e. The monoisotopic (exact) mass is 287 g/mol. The van der Waals surface area contributed by atoms with Crippen LogP contribution in [0.15, 0.2) is 53.7 Å². The van der Waals surface area contributed by atoms with Crippen molar-refractivity contribution in [3.63, 3.8) is 0 Å². The normalized spacial score (nSPS) is 13.1. The van der Waals surface area contributed by atoms with Crippen LogP contribution in [0.2, 0.25) is 0 Å². The number of nitrogens with one attached hydrogen (secondary N) is 1. The molecule has 0 aliphatic heterocycles. The van der Waals surface area contributed by atoms with Crippen LogP contribution in [0.5, 0.6) is 0 Å². The molecule has 0 aliphatic rings. The molecule has 4 nitrogen and oxygen atoms in total. The third-order valence-corrected chi connectivity index (χ3v) is 3.37. The van der Waals surface area contributed by atoms with E-state index in [0.29, 0.717) is 12.1 Å². The lowest BCUT2D eigenvalue weighted by Crippen LogP contribution is -2.22. The number of nitrogens with zero attached hydrogens (tertiary/aromatic N) is 1. The van der Waals surface area contributed by atoms with Crippen LogP contribution in [0, 0.1) is 5.82 Å². The largest absolute Gasteiger partial charge is 0.409 e. The van der Waals surface area contributed by atoms with Gasteiger partial charge in [-0.2, -0.15) is 0 Å². The van der Waals surface area contributed by atoms with Gasteiger partial charge in [0.2, 0.25) is 0 Å². The molecule has 4 N–H and O–H groups in total. The molecule has 0 radical (unpaired) electrons. The van der Waals surface area contributed by atoms with E-state index in [1.165, 1.54) is 12.1 Å². The van der Waals surface area contributed by atoms with E-state index in [4.69, 9.17) is 10.9 Å². The Bertz CT molecular complexity index is 626. The molecule has 0 aromatic heterocycles. The standard InChI is InChI=1S/C16H18FN3O/c1-11(12-6-8-14(17)9-7-12)19-10-13-4-2-3-5-15(13)16(18)20-21/h2-9,11,19,21H,10H2,1H3,(H2,18,20)/t11-/m1/s1. The highest BCUT2D eigenvalue weighted by molar-refractivity contribution is 5.98. The van der Waals surface area contributed by atoms with Crippen LogP contribution in [0.1, 0.15) is 29.7 Å². The number of amidine groups is 1. The number of halogens is 1. The second kappa shape index (κ2) is 6.85. The molecule has 0 saturated carbocycles. The van der Waals surface area contributed by atoms with Crippen molar-refractivity contribution < 1.29 is 9.60 Å². The lowest BCUT2D eigenvalue weighted by atomic mass is 10.0. The summed E-state index contributed by atoms with van der Waals surface area (Å²) in [6.45, 7) is 2.56. The third kappa shape index (κ3) is 3.79. The maximum atomic E-state index is 12.9. The molecule has 0 bridgehead atoms. The van der Waals surface area contributed by atoms with E-state index in [1.807, 2.05) is 25.1 Å². The number of nitrogens with two attached hydrogens (primary N) is 1. The van der Waals surface area contributed by atoms with E-state index in [-0.39, 0.29) is 17.7 Å². The molecule has 0 unspecified atom stereocenters. The van der Waals surface area contributed by atoms with Gasteiger partial charge in [-0.1, -0.05) is 41.6 Å². The van der Waals surface area contributed by atoms with Crippen molar-refractivity contribution in [1.82, 2.24) is 5.32 Å². The van der Waals surface area contributed by atoms with Gasteiger partial charge in [-0.25, -0.2) is 4.39 Å². The van der Waals surface area contributed by atoms with Crippen LogP contribution in [-0.2, 0) is 6.54 Å². The van der Waals surface area contributed by atoms with Gasteiger partial charge in [-0.05, 0) is 30.2 Å². The highest BCUT2D eigenvalue weighted by Gasteiger charge is 2.09. The molecule has 0 amide bonds. The van der Waals surface area contributed by atoms with Crippen molar-refractivity contribution in [2.24, 2.45) is 10.9 Å². The number of oxime groups is 1. The van der Waals surface area contributed by atoms with Gasteiger partial charge in [-0.3, -0.25) is 0 Å². The molecule has 21 heavy (non-hydrogen) atoms. The zero-order valence-electron chi connectivity index (χ0n) is 11.8. The summed E-state index contributed by atoms with van der Waals surface area (Å²) >= 11 is 0. The molecule has 2 aromatic rings. The first-order chi connectivity index (χ1) is 10.1. The predicted molar refractivity (Wildman–Crippen MR) is 80.6 cm³/mol. The SMILES string of the molecule is C[C@@H](NCc1ccccc1/C(N)=N/O)c1ccc(F)cc1. The third-order valence-electron chi connectivity index (χ3n) is 3.37. The first kappa shape index (κ1) is 15.0. The Morgan fingerprint density at radius 3 is 2.57 bits per heavy atom. The van der Waals surface area contributed by atoms with Gasteiger partial charge < -0.3 is 16.3 Å². The molecule has 0 saturated heterocycles. The predicted octanol–water partition coefficient (Wildman–Crippen LogP) is 2.77. The fourth-order valence-electron chi connectivity index (χ4n) is 2.11. The molecule has 0 spiro atoms. The quantitative estimate of drug-likeness (QED) is 0.343. The number of benzene rings is 2. The minimum absolute atomic E-state index is 0.0611. The summed E-state index contributed by atoms with van der Waals surface area (Å²) < 4.78 is 12.9. The Kier molecular flexibility index (Phi) is 4.90. The topological polar surface area (TPSA) is 70.6 Å². The Hall–Kier alpha value is -2.40. The van der Waals surface area contributed by atoms with Gasteiger partial charge in [0.1, 0.15) is 5.82 Å². The maximum Gasteiger partial charge on any atom is 0.170 e. The summed E-state index contributed by atoms with van der Waals surface area (Å²) in [7, 11) is 0. The summed E-state index contributed by atoms with van der Waals surface area (Å²) in [5.74, 6) is -0.162. The number of rotatable bonds is 5. The second-order valence-electron chi connectivity index (χ2n) is 4.80. The second-order valence-corrected chi connectivity index (χ2v) is 4.80. The zero-order valence-corrected chi connectivity index (χ0v) is 11.8. The van der Waals surface area contributed by atoms with E-state index in [1.54, 1.807) is 18.2 Å². The van der Waals surface area contributed by atoms with Gasteiger partial charge in [0.15, 0.2) is 5.84 Å². The Morgan fingerprint density at radius 2 is 1.90 bits per heavy atom. The van der Waals surface area contributed by atoms with Gasteiger partial charge >= 0.3 is 0 Å². The van der Waals surface area contributed by atoms with Crippen molar-refractivity contribution in [3.8, 4) is 0 Å². The average molecular weight is 287 g/mol. The molecule has 2 rings (SSSR count). The van der Waals surface area contributed by atoms with Gasteiger partial charge in [-0.15, -0.1) is 0 Å². The molecule has 0 heterocycles. The lowest BCUT2D eigenvalue weighted by molar-refractivity contribution is 0.318. The van der Waals surface area contributed by atoms with Gasteiger partial charge in [0.05, 0.1) is 0 Å². The first-order valence-corrected chi connectivity index (χ1v) is 6.66. The van der Waals surface area contributed by atoms with Crippen LogP contribution in [0.3, 0.4) is 0 Å². The summed E-state index contributed by atoms with van der Waals surface area (Å²) in [5, 5.41) is 15.2. The highest BCUT2D eigenvalue weighted by atomic mass is 19.1. The molecular formula is C16H18FN3O. The van der Waals surface area contributed by atoms with Crippen LogP contribution >= 0.6 is 0 Å². The fourth-order valence-corrected chi connectivity index (χ4v) is 2.11. The Labute approximate surface area is 123 Å². The Morgan fingerprint density at radius 1 is 1.24 bits per heavy atom. The number of hydrogen-bond donors (Lipinski definition) is 3.